The number of benzene rings is 2. The Labute approximate surface area is 163 Å². The first kappa shape index (κ1) is 18.7. The summed E-state index contributed by atoms with van der Waals surface area (Å²) in [5, 5.41) is 12.3. The van der Waals surface area contributed by atoms with Crippen LogP contribution in [0.3, 0.4) is 0 Å². The van der Waals surface area contributed by atoms with Crippen LogP contribution in [0.15, 0.2) is 60.0 Å². The summed E-state index contributed by atoms with van der Waals surface area (Å²) >= 11 is 1.39. The number of aromatic nitrogens is 2. The molecule has 2 aromatic carbocycles. The number of hydrogen-bond donors (Lipinski definition) is 1. The fraction of sp³-hybridized carbons (Fsp3) is 0.190. The molecule has 0 aliphatic carbocycles. The van der Waals surface area contributed by atoms with Crippen molar-refractivity contribution in [2.45, 2.75) is 25.4 Å². The predicted molar refractivity (Wildman–Crippen MR) is 108 cm³/mol. The first-order valence-corrected chi connectivity index (χ1v) is 9.55. The van der Waals surface area contributed by atoms with Crippen LogP contribution in [0.1, 0.15) is 16.7 Å². The Kier molecular flexibility index (Phi) is 5.94. The summed E-state index contributed by atoms with van der Waals surface area (Å²) in [6.45, 7) is 4.16. The van der Waals surface area contributed by atoms with Crippen LogP contribution in [0.4, 0.5) is 5.69 Å². The maximum atomic E-state index is 12.2. The quantitative estimate of drug-likeness (QED) is 0.652. The van der Waals surface area contributed by atoms with Crippen molar-refractivity contribution in [1.29, 1.82) is 5.26 Å². The highest BCUT2D eigenvalue weighted by Crippen LogP contribution is 2.22. The van der Waals surface area contributed by atoms with Gasteiger partial charge in [-0.25, -0.2) is 4.98 Å². The number of nitriles is 1. The summed E-state index contributed by atoms with van der Waals surface area (Å²) in [7, 11) is 0. The van der Waals surface area contributed by atoms with E-state index in [1.54, 1.807) is 6.20 Å². The molecule has 0 saturated heterocycles. The van der Waals surface area contributed by atoms with Gasteiger partial charge in [0.25, 0.3) is 0 Å². The fourth-order valence-electron chi connectivity index (χ4n) is 2.59. The molecule has 5 nitrogen and oxygen atoms in total. The summed E-state index contributed by atoms with van der Waals surface area (Å²) in [4.78, 5) is 16.6. The van der Waals surface area contributed by atoms with Crippen LogP contribution in [0.5, 0.6) is 0 Å². The number of nitrogens with zero attached hydrogens (tertiary/aromatic N) is 3. The average molecular weight is 376 g/mol. The van der Waals surface area contributed by atoms with Gasteiger partial charge in [-0.05, 0) is 54.8 Å². The van der Waals surface area contributed by atoms with E-state index >= 15 is 0 Å². The molecular formula is C21H20N4OS. The standard InChI is InChI=1S/C21H20N4OS/c1-15-3-8-19(13-16(15)2)25-12-11-23-21(25)27-14-20(26)24-18-6-4-17(5-7-18)9-10-22/h3-8,11-13H,9,14H2,1-2H3,(H,24,26). The van der Waals surface area contributed by atoms with E-state index in [1.165, 1.54) is 22.9 Å². The van der Waals surface area contributed by atoms with Crippen LogP contribution in [0, 0.1) is 25.2 Å². The molecule has 0 unspecified atom stereocenters. The van der Waals surface area contributed by atoms with Crippen molar-refractivity contribution in [3.8, 4) is 11.8 Å². The Morgan fingerprint density at radius 2 is 1.96 bits per heavy atom. The number of carbonyl (C=O) groups excluding carboxylic acids is 1. The van der Waals surface area contributed by atoms with Crippen LogP contribution in [0.2, 0.25) is 0 Å². The lowest BCUT2D eigenvalue weighted by molar-refractivity contribution is -0.113. The predicted octanol–water partition coefficient (Wildman–Crippen LogP) is 4.29. The maximum absolute atomic E-state index is 12.2. The lowest BCUT2D eigenvalue weighted by atomic mass is 10.1. The number of amides is 1. The van der Waals surface area contributed by atoms with E-state index in [9.17, 15) is 4.79 Å². The summed E-state index contributed by atoms with van der Waals surface area (Å²) in [5.41, 5.74) is 5.15. The lowest BCUT2D eigenvalue weighted by Gasteiger charge is -2.10. The van der Waals surface area contributed by atoms with Gasteiger partial charge in [-0.2, -0.15) is 5.26 Å². The Morgan fingerprint density at radius 1 is 1.19 bits per heavy atom. The smallest absolute Gasteiger partial charge is 0.234 e. The third-order valence-electron chi connectivity index (χ3n) is 4.23. The third-order valence-corrected chi connectivity index (χ3v) is 5.20. The minimum Gasteiger partial charge on any atom is -0.325 e. The van der Waals surface area contributed by atoms with E-state index in [4.69, 9.17) is 5.26 Å². The molecule has 0 aliphatic heterocycles. The molecule has 0 fully saturated rings. The SMILES string of the molecule is Cc1ccc(-n2ccnc2SCC(=O)Nc2ccc(CC#N)cc2)cc1C. The largest absolute Gasteiger partial charge is 0.325 e. The van der Waals surface area contributed by atoms with Gasteiger partial charge in [-0.15, -0.1) is 0 Å². The van der Waals surface area contributed by atoms with Gasteiger partial charge in [0, 0.05) is 23.8 Å². The molecule has 0 bridgehead atoms. The second-order valence-electron chi connectivity index (χ2n) is 6.22. The molecule has 0 aliphatic rings. The molecule has 27 heavy (non-hydrogen) atoms. The van der Waals surface area contributed by atoms with Gasteiger partial charge in [0.15, 0.2) is 5.16 Å². The van der Waals surface area contributed by atoms with Gasteiger partial charge >= 0.3 is 0 Å². The number of nitrogens with one attached hydrogen (secondary N) is 1. The zero-order valence-corrected chi connectivity index (χ0v) is 16.1. The molecule has 3 aromatic rings. The second kappa shape index (κ2) is 8.56. The lowest BCUT2D eigenvalue weighted by Crippen LogP contribution is -2.14. The number of rotatable bonds is 6. The van der Waals surface area contributed by atoms with Crippen molar-refractivity contribution in [3.05, 3.63) is 71.5 Å². The minimum absolute atomic E-state index is 0.0948. The number of carbonyl (C=O) groups is 1. The molecule has 1 heterocycles. The van der Waals surface area contributed by atoms with Gasteiger partial charge < -0.3 is 5.32 Å². The maximum Gasteiger partial charge on any atom is 0.234 e. The molecule has 1 aromatic heterocycles. The van der Waals surface area contributed by atoms with Crippen LogP contribution in [0.25, 0.3) is 5.69 Å². The third kappa shape index (κ3) is 4.78. The highest BCUT2D eigenvalue weighted by Gasteiger charge is 2.10. The second-order valence-corrected chi connectivity index (χ2v) is 7.16. The molecule has 0 atom stereocenters. The zero-order valence-electron chi connectivity index (χ0n) is 15.3. The van der Waals surface area contributed by atoms with E-state index in [1.807, 2.05) is 35.0 Å². The van der Waals surface area contributed by atoms with Crippen molar-refractivity contribution in [2.24, 2.45) is 0 Å². The van der Waals surface area contributed by atoms with Gasteiger partial charge in [0.1, 0.15) is 0 Å². The van der Waals surface area contributed by atoms with Gasteiger partial charge in [-0.3, -0.25) is 9.36 Å². The normalized spacial score (nSPS) is 10.4. The number of aryl methyl sites for hydroxylation is 2. The molecule has 1 amide bonds. The molecule has 0 saturated carbocycles. The van der Waals surface area contributed by atoms with Crippen LogP contribution >= 0.6 is 11.8 Å². The Morgan fingerprint density at radius 3 is 2.67 bits per heavy atom. The molecule has 6 heteroatoms. The summed E-state index contributed by atoms with van der Waals surface area (Å²) in [6.07, 6.45) is 4.01. The molecule has 1 N–H and O–H groups in total. The Bertz CT molecular complexity index is 986. The zero-order chi connectivity index (χ0) is 19.2. The Balaban J connectivity index is 1.62. The number of thioether (sulfide) groups is 1. The summed E-state index contributed by atoms with van der Waals surface area (Å²) < 4.78 is 1.99. The first-order chi connectivity index (χ1) is 13.1. The van der Waals surface area contributed by atoms with Crippen molar-refractivity contribution in [3.63, 3.8) is 0 Å². The molecule has 3 rings (SSSR count). The molecule has 0 radical (unpaired) electrons. The monoisotopic (exact) mass is 376 g/mol. The number of imidazole rings is 1. The van der Waals surface area contributed by atoms with Gasteiger partial charge in [0.2, 0.25) is 5.91 Å². The van der Waals surface area contributed by atoms with Gasteiger partial charge in [-0.1, -0.05) is 30.0 Å². The van der Waals surface area contributed by atoms with E-state index in [0.717, 1.165) is 22.1 Å². The molecular weight excluding hydrogens is 356 g/mol. The minimum atomic E-state index is -0.0948. The highest BCUT2D eigenvalue weighted by atomic mass is 32.2. The highest BCUT2D eigenvalue weighted by molar-refractivity contribution is 7.99. The van der Waals surface area contributed by atoms with Crippen molar-refractivity contribution in [2.75, 3.05) is 11.1 Å². The number of hydrogen-bond acceptors (Lipinski definition) is 4. The summed E-state index contributed by atoms with van der Waals surface area (Å²) in [5.74, 6) is 0.171. The van der Waals surface area contributed by atoms with E-state index in [2.05, 4.69) is 48.4 Å². The first-order valence-electron chi connectivity index (χ1n) is 8.56. The van der Waals surface area contributed by atoms with Crippen LogP contribution in [-0.4, -0.2) is 21.2 Å². The van der Waals surface area contributed by atoms with Crippen molar-refractivity contribution < 1.29 is 4.79 Å². The van der Waals surface area contributed by atoms with Crippen molar-refractivity contribution >= 4 is 23.4 Å². The molecule has 0 spiro atoms. The van der Waals surface area contributed by atoms with E-state index < -0.39 is 0 Å². The van der Waals surface area contributed by atoms with E-state index in [-0.39, 0.29) is 11.7 Å². The van der Waals surface area contributed by atoms with Crippen LogP contribution in [-0.2, 0) is 11.2 Å². The van der Waals surface area contributed by atoms with Crippen LogP contribution < -0.4 is 5.32 Å². The number of anilines is 1. The molecule has 136 valence electrons. The topological polar surface area (TPSA) is 70.7 Å². The fourth-order valence-corrected chi connectivity index (χ4v) is 3.37. The van der Waals surface area contributed by atoms with Crippen molar-refractivity contribution in [1.82, 2.24) is 9.55 Å². The van der Waals surface area contributed by atoms with Gasteiger partial charge in [0.05, 0.1) is 18.2 Å². The average Bonchev–Trinajstić information content (AvgIpc) is 3.13. The summed E-state index contributed by atoms with van der Waals surface area (Å²) in [6, 6.07) is 15.7. The Hall–Kier alpha value is -3.04. The van der Waals surface area contributed by atoms with E-state index in [0.29, 0.717) is 6.42 Å².